The van der Waals surface area contributed by atoms with Crippen LogP contribution in [-0.4, -0.2) is 84.9 Å². The molecule has 6 fully saturated rings. The lowest BCUT2D eigenvalue weighted by atomic mass is 9.32. The molecule has 11 nitrogen and oxygen atoms in total. The Morgan fingerprint density at radius 3 is 2.25 bits per heavy atom. The Hall–Kier alpha value is -2.54. The summed E-state index contributed by atoms with van der Waals surface area (Å²) in [4.78, 5) is 53.4. The van der Waals surface area contributed by atoms with Gasteiger partial charge in [-0.3, -0.25) is 9.59 Å². The number of methoxy groups -OCH3 is 1. The van der Waals surface area contributed by atoms with Crippen molar-refractivity contribution in [2.75, 3.05) is 20.3 Å². The topological polar surface area (TPSA) is 147 Å². The van der Waals surface area contributed by atoms with Gasteiger partial charge in [0, 0.05) is 29.2 Å². The summed E-state index contributed by atoms with van der Waals surface area (Å²) in [5.41, 5.74) is -5.99. The number of hydrogen-bond acceptors (Lipinski definition) is 11. The molecule has 1 N–H and O–H groups in total. The molecule has 4 unspecified atom stereocenters. The molecule has 2 heterocycles. The number of fused-ring (bicyclic) bond motifs is 9. The van der Waals surface area contributed by atoms with Crippen LogP contribution in [0, 0.1) is 45.3 Å². The summed E-state index contributed by atoms with van der Waals surface area (Å²) in [5.74, 6) is -3.04. The highest BCUT2D eigenvalue weighted by Crippen LogP contribution is 2.78. The van der Waals surface area contributed by atoms with E-state index >= 15 is 0 Å². The third-order valence-electron chi connectivity index (χ3n) is 15.1. The van der Waals surface area contributed by atoms with Crippen molar-refractivity contribution in [2.45, 2.75) is 116 Å². The molecule has 4 aliphatic carbocycles. The lowest BCUT2D eigenvalue weighted by Gasteiger charge is -2.73. The Bertz CT molecular complexity index is 1650. The fourth-order valence-electron chi connectivity index (χ4n) is 12.9. The van der Waals surface area contributed by atoms with Crippen molar-refractivity contribution in [3.8, 4) is 0 Å². The zero-order valence-corrected chi connectivity index (χ0v) is 32.4. The molecule has 14 atom stereocenters. The van der Waals surface area contributed by atoms with Gasteiger partial charge in [0.25, 0.3) is 0 Å². The van der Waals surface area contributed by atoms with Crippen LogP contribution in [0.4, 0.5) is 0 Å². The second kappa shape index (κ2) is 12.0. The fraction of sp³-hybridized carbons (Fsp3) is 0.744. The van der Waals surface area contributed by atoms with Gasteiger partial charge in [-0.1, -0.05) is 32.9 Å². The summed E-state index contributed by atoms with van der Waals surface area (Å²) in [6.07, 6.45) is -0.367. The van der Waals surface area contributed by atoms with E-state index in [0.717, 1.165) is 0 Å². The zero-order chi connectivity index (χ0) is 37.1. The van der Waals surface area contributed by atoms with Gasteiger partial charge in [0.2, 0.25) is 5.60 Å². The number of carbonyl (C=O) groups excluding carboxylic acids is 4. The lowest BCUT2D eigenvalue weighted by molar-refractivity contribution is -0.341. The Labute approximate surface area is 307 Å². The Kier molecular flexibility index (Phi) is 8.65. The van der Waals surface area contributed by atoms with E-state index in [9.17, 15) is 24.3 Å². The molecule has 4 saturated carbocycles. The summed E-state index contributed by atoms with van der Waals surface area (Å²) in [7, 11) is 1.29. The molecule has 0 spiro atoms. The molecule has 2 aliphatic heterocycles. The van der Waals surface area contributed by atoms with Gasteiger partial charge in [-0.05, 0) is 103 Å². The Morgan fingerprint density at radius 2 is 1.61 bits per heavy atom. The van der Waals surface area contributed by atoms with Crippen LogP contribution in [0.25, 0.3) is 0 Å². The van der Waals surface area contributed by atoms with Gasteiger partial charge in [0.1, 0.15) is 18.3 Å². The number of hydrogen-bond donors (Lipinski definition) is 1. The maximum absolute atomic E-state index is 13.8. The minimum Gasteiger partial charge on any atom is -0.467 e. The van der Waals surface area contributed by atoms with E-state index < -0.39 is 87.1 Å². The smallest absolute Gasteiger partial charge is 0.341 e. The van der Waals surface area contributed by atoms with Crippen molar-refractivity contribution in [2.24, 2.45) is 45.3 Å². The summed E-state index contributed by atoms with van der Waals surface area (Å²) in [5, 5.41) is 13.4. The summed E-state index contributed by atoms with van der Waals surface area (Å²) in [6, 6.07) is 7.20. The maximum Gasteiger partial charge on any atom is 0.341 e. The van der Waals surface area contributed by atoms with Crippen molar-refractivity contribution < 1.29 is 52.7 Å². The van der Waals surface area contributed by atoms with Crippen molar-refractivity contribution in [1.82, 2.24) is 0 Å². The highest BCUT2D eigenvalue weighted by molar-refractivity contribution is 9.10. The van der Waals surface area contributed by atoms with E-state index in [0.29, 0.717) is 55.4 Å². The van der Waals surface area contributed by atoms with Gasteiger partial charge in [0.05, 0.1) is 36.9 Å². The van der Waals surface area contributed by atoms with Crippen LogP contribution in [0.2, 0.25) is 0 Å². The third kappa shape index (κ3) is 4.64. The molecule has 0 aromatic heterocycles. The van der Waals surface area contributed by atoms with Crippen LogP contribution in [0.3, 0.4) is 0 Å². The first-order chi connectivity index (χ1) is 23.9. The standard InChI is InChI=1S/C39H51BrO11/c1-20-17-38(45)27-13-15-34(5)26(14-16-37(19-47-18-28(34)37)21(2)48-32(43)24-11-9-10-12-25(24)40)35(27,6)30(49-22(3)41)31(50-23(4)42)36(38,7)39(29(20)51-39)33(44)46-8/h9-12,20-21,26-31,45H,13-19H2,1-8H3/t20?,21?,26?,27?,28-,29+,30+,31-,34+,35+,36+,37-,38+,39-/m0/s1. The second-order valence-electron chi connectivity index (χ2n) is 17.0. The minimum absolute atomic E-state index is 0.0283. The maximum atomic E-state index is 13.8. The quantitative estimate of drug-likeness (QED) is 0.224. The van der Waals surface area contributed by atoms with Crippen LogP contribution in [0.5, 0.6) is 0 Å². The summed E-state index contributed by atoms with van der Waals surface area (Å²) in [6.45, 7) is 13.6. The first kappa shape index (κ1) is 36.8. The molecular formula is C39H51BrO11. The average Bonchev–Trinajstić information content (AvgIpc) is 3.69. The van der Waals surface area contributed by atoms with Crippen molar-refractivity contribution >= 4 is 39.8 Å². The Balaban J connectivity index is 1.33. The van der Waals surface area contributed by atoms with Crippen LogP contribution < -0.4 is 0 Å². The lowest BCUT2D eigenvalue weighted by Crippen LogP contribution is -2.82. The minimum atomic E-state index is -1.59. The molecule has 280 valence electrons. The highest BCUT2D eigenvalue weighted by Gasteiger charge is 2.90. The van der Waals surface area contributed by atoms with E-state index in [-0.39, 0.29) is 17.8 Å². The predicted octanol–water partition coefficient (Wildman–Crippen LogP) is 5.42. The molecule has 1 aromatic rings. The van der Waals surface area contributed by atoms with Crippen LogP contribution in [0.1, 0.15) is 90.9 Å². The molecule has 0 bridgehead atoms. The molecule has 12 heteroatoms. The molecule has 0 amide bonds. The zero-order valence-electron chi connectivity index (χ0n) is 30.8. The van der Waals surface area contributed by atoms with Crippen LogP contribution in [-0.2, 0) is 42.8 Å². The number of aliphatic hydroxyl groups is 1. The van der Waals surface area contributed by atoms with Gasteiger partial charge < -0.3 is 33.5 Å². The molecular weight excluding hydrogens is 724 g/mol. The first-order valence-corrected chi connectivity index (χ1v) is 19.1. The molecule has 1 aromatic carbocycles. The first-order valence-electron chi connectivity index (χ1n) is 18.3. The Morgan fingerprint density at radius 1 is 0.961 bits per heavy atom. The van der Waals surface area contributed by atoms with E-state index in [1.54, 1.807) is 19.1 Å². The SMILES string of the molecule is COC(=O)[C@@]12O[C@@H]1C(C)C[C@@]1(O)C3CC[C@]4(C)C(CC[C@@]5(C(C)OC(=O)c6ccccc6Br)COC[C@H]54)[C@@]3(C)[C@H](OC(C)=O)[C@H](OC(C)=O)[C@]12C. The second-order valence-corrected chi connectivity index (χ2v) is 17.9. The molecule has 51 heavy (non-hydrogen) atoms. The van der Waals surface area contributed by atoms with Crippen molar-refractivity contribution in [1.29, 1.82) is 0 Å². The van der Waals surface area contributed by atoms with Gasteiger partial charge in [-0.25, -0.2) is 9.59 Å². The predicted molar refractivity (Wildman–Crippen MR) is 185 cm³/mol. The summed E-state index contributed by atoms with van der Waals surface area (Å²) >= 11 is 3.48. The monoisotopic (exact) mass is 774 g/mol. The number of benzene rings is 1. The number of rotatable bonds is 6. The van der Waals surface area contributed by atoms with Crippen LogP contribution in [0.15, 0.2) is 28.7 Å². The fourth-order valence-corrected chi connectivity index (χ4v) is 13.3. The number of epoxide rings is 1. The van der Waals surface area contributed by atoms with E-state index in [1.807, 2.05) is 26.0 Å². The highest BCUT2D eigenvalue weighted by atomic mass is 79.9. The summed E-state index contributed by atoms with van der Waals surface area (Å²) < 4.78 is 37.4. The van der Waals surface area contributed by atoms with E-state index in [4.69, 9.17) is 28.4 Å². The number of ether oxygens (including phenoxy) is 6. The third-order valence-corrected chi connectivity index (χ3v) is 15.8. The van der Waals surface area contributed by atoms with Gasteiger partial charge >= 0.3 is 23.9 Å². The van der Waals surface area contributed by atoms with Crippen LogP contribution >= 0.6 is 15.9 Å². The van der Waals surface area contributed by atoms with Crippen molar-refractivity contribution in [3.05, 3.63) is 34.3 Å². The molecule has 0 radical (unpaired) electrons. The number of carbonyl (C=O) groups is 4. The van der Waals surface area contributed by atoms with Gasteiger partial charge in [-0.2, -0.15) is 0 Å². The normalized spacial score (nSPS) is 46.8. The van der Waals surface area contributed by atoms with Gasteiger partial charge in [-0.15, -0.1) is 0 Å². The van der Waals surface area contributed by atoms with E-state index in [1.165, 1.54) is 21.0 Å². The molecule has 6 aliphatic rings. The van der Waals surface area contributed by atoms with E-state index in [2.05, 4.69) is 29.8 Å². The molecule has 2 saturated heterocycles. The average molecular weight is 776 g/mol. The largest absolute Gasteiger partial charge is 0.467 e. The molecule has 7 rings (SSSR count). The number of esters is 4. The van der Waals surface area contributed by atoms with Gasteiger partial charge in [0.15, 0.2) is 6.10 Å². The number of halogens is 1. The van der Waals surface area contributed by atoms with Crippen molar-refractivity contribution in [3.63, 3.8) is 0 Å².